The maximum absolute atomic E-state index is 4.38. The van der Waals surface area contributed by atoms with E-state index in [0.29, 0.717) is 0 Å². The monoisotopic (exact) mass is 242 g/mol. The zero-order chi connectivity index (χ0) is 9.80. The first kappa shape index (κ1) is 10.0. The fourth-order valence-electron chi connectivity index (χ4n) is 1.11. The predicted octanol–water partition coefficient (Wildman–Crippen LogP) is 3.10. The first-order valence-corrected chi connectivity index (χ1v) is 6.40. The molecule has 0 radical (unpaired) electrons. The summed E-state index contributed by atoms with van der Waals surface area (Å²) in [7, 11) is 0. The van der Waals surface area contributed by atoms with Crippen LogP contribution in [0.15, 0.2) is 29.1 Å². The Hall–Kier alpha value is -0.520. The first-order chi connectivity index (χ1) is 6.86. The fraction of sp³-hybridized carbons (Fsp3) is 0.222. The van der Waals surface area contributed by atoms with Gasteiger partial charge in [0.05, 0.1) is 0 Å². The van der Waals surface area contributed by atoms with E-state index in [2.05, 4.69) is 35.3 Å². The molecule has 0 aliphatic rings. The third kappa shape index (κ3) is 2.50. The lowest BCUT2D eigenvalue weighted by atomic mass is 10.3. The number of thiol groups is 1. The van der Waals surface area contributed by atoms with E-state index in [1.54, 1.807) is 28.9 Å². The van der Waals surface area contributed by atoms with E-state index >= 15 is 0 Å². The van der Waals surface area contributed by atoms with Crippen molar-refractivity contribution >= 4 is 40.6 Å². The van der Waals surface area contributed by atoms with Gasteiger partial charge in [-0.1, -0.05) is 18.9 Å². The van der Waals surface area contributed by atoms with Crippen LogP contribution in [0.4, 0.5) is 5.13 Å². The molecule has 2 nitrogen and oxygen atoms in total. The van der Waals surface area contributed by atoms with E-state index in [9.17, 15) is 0 Å². The minimum atomic E-state index is 0.900. The number of thiophene rings is 1. The van der Waals surface area contributed by atoms with Crippen molar-refractivity contribution < 1.29 is 0 Å². The van der Waals surface area contributed by atoms with Crippen LogP contribution in [-0.4, -0.2) is 11.5 Å². The van der Waals surface area contributed by atoms with Crippen molar-refractivity contribution in [3.63, 3.8) is 0 Å². The molecular weight excluding hydrogens is 232 g/mol. The Balaban J connectivity index is 1.87. The number of aromatic nitrogens is 1. The second kappa shape index (κ2) is 4.82. The number of rotatable bonds is 4. The Morgan fingerprint density at radius 1 is 1.36 bits per heavy atom. The zero-order valence-corrected chi connectivity index (χ0v) is 9.99. The highest BCUT2D eigenvalue weighted by Gasteiger charge is 2.04. The van der Waals surface area contributed by atoms with Crippen LogP contribution in [0.25, 0.3) is 0 Å². The Bertz CT molecular complexity index is 355. The Labute approximate surface area is 96.8 Å². The molecule has 0 saturated heterocycles. The molecule has 0 aromatic carbocycles. The van der Waals surface area contributed by atoms with Gasteiger partial charge in [-0.3, -0.25) is 4.31 Å². The quantitative estimate of drug-likeness (QED) is 0.829. The van der Waals surface area contributed by atoms with Gasteiger partial charge in [-0.15, -0.1) is 22.7 Å². The number of nitrogens with zero attached hydrogens (tertiary/aromatic N) is 2. The summed E-state index contributed by atoms with van der Waals surface area (Å²) in [5.41, 5.74) is 0. The van der Waals surface area contributed by atoms with Gasteiger partial charge in [0.15, 0.2) is 5.13 Å². The summed E-state index contributed by atoms with van der Waals surface area (Å²) in [6.07, 6.45) is 2.83. The van der Waals surface area contributed by atoms with Crippen molar-refractivity contribution in [3.8, 4) is 0 Å². The highest BCUT2D eigenvalue weighted by atomic mass is 32.1. The third-order valence-corrected chi connectivity index (χ3v) is 4.05. The maximum atomic E-state index is 4.38. The van der Waals surface area contributed by atoms with E-state index in [1.807, 2.05) is 9.69 Å². The van der Waals surface area contributed by atoms with E-state index in [-0.39, 0.29) is 0 Å². The van der Waals surface area contributed by atoms with Crippen LogP contribution in [0, 0.1) is 0 Å². The molecule has 0 spiro atoms. The fourth-order valence-corrected chi connectivity index (χ4v) is 2.68. The van der Waals surface area contributed by atoms with Gasteiger partial charge < -0.3 is 0 Å². The number of hydrogen-bond acceptors (Lipinski definition) is 5. The zero-order valence-electron chi connectivity index (χ0n) is 7.46. The molecule has 0 aliphatic heterocycles. The molecule has 14 heavy (non-hydrogen) atoms. The molecule has 0 amide bonds. The molecule has 0 N–H and O–H groups in total. The minimum absolute atomic E-state index is 0.900. The molecular formula is C9H10N2S3. The molecule has 0 bridgehead atoms. The van der Waals surface area contributed by atoms with Gasteiger partial charge in [0.2, 0.25) is 0 Å². The van der Waals surface area contributed by atoms with Crippen LogP contribution in [0.1, 0.15) is 4.88 Å². The van der Waals surface area contributed by atoms with Crippen LogP contribution < -0.4 is 4.31 Å². The third-order valence-electron chi connectivity index (χ3n) is 1.79. The minimum Gasteiger partial charge on any atom is -0.294 e. The molecule has 74 valence electrons. The van der Waals surface area contributed by atoms with Crippen LogP contribution in [0.3, 0.4) is 0 Å². The van der Waals surface area contributed by atoms with Gasteiger partial charge in [0, 0.05) is 29.4 Å². The lowest BCUT2D eigenvalue weighted by molar-refractivity contribution is 0.980. The molecule has 0 unspecified atom stereocenters. The average molecular weight is 242 g/mol. The summed E-state index contributed by atoms with van der Waals surface area (Å²) in [5.74, 6) is 0. The highest BCUT2D eigenvalue weighted by molar-refractivity contribution is 7.82. The van der Waals surface area contributed by atoms with Gasteiger partial charge in [-0.05, 0) is 11.4 Å². The summed E-state index contributed by atoms with van der Waals surface area (Å²) < 4.78 is 1.89. The Morgan fingerprint density at radius 3 is 2.93 bits per heavy atom. The summed E-state index contributed by atoms with van der Waals surface area (Å²) in [5, 5.41) is 5.02. The Kier molecular flexibility index (Phi) is 3.44. The molecule has 2 heterocycles. The molecule has 0 fully saturated rings. The lowest BCUT2D eigenvalue weighted by Gasteiger charge is -2.12. The van der Waals surface area contributed by atoms with E-state index in [0.717, 1.165) is 18.1 Å². The predicted molar refractivity (Wildman–Crippen MR) is 66.5 cm³/mol. The molecule has 0 saturated carbocycles. The number of anilines is 1. The van der Waals surface area contributed by atoms with Crippen molar-refractivity contribution in [3.05, 3.63) is 34.0 Å². The van der Waals surface area contributed by atoms with Crippen molar-refractivity contribution in [1.29, 1.82) is 0 Å². The number of hydrogen-bond donors (Lipinski definition) is 1. The summed E-state index contributed by atoms with van der Waals surface area (Å²) in [6, 6.07) is 4.22. The maximum Gasteiger partial charge on any atom is 0.195 e. The van der Waals surface area contributed by atoms with Crippen molar-refractivity contribution in [2.45, 2.75) is 6.42 Å². The smallest absolute Gasteiger partial charge is 0.195 e. The van der Waals surface area contributed by atoms with E-state index < -0.39 is 0 Å². The summed E-state index contributed by atoms with van der Waals surface area (Å²) >= 11 is 7.78. The highest BCUT2D eigenvalue weighted by Crippen LogP contribution is 2.20. The second-order valence-electron chi connectivity index (χ2n) is 2.77. The Morgan fingerprint density at radius 2 is 2.29 bits per heavy atom. The van der Waals surface area contributed by atoms with Gasteiger partial charge in [-0.2, -0.15) is 0 Å². The molecule has 2 rings (SSSR count). The van der Waals surface area contributed by atoms with Gasteiger partial charge in [0.1, 0.15) is 0 Å². The summed E-state index contributed by atoms with van der Waals surface area (Å²) in [6.45, 7) is 0.900. The topological polar surface area (TPSA) is 16.1 Å². The molecule has 0 aliphatic carbocycles. The van der Waals surface area contributed by atoms with Gasteiger partial charge in [-0.25, -0.2) is 4.98 Å². The van der Waals surface area contributed by atoms with E-state index in [4.69, 9.17) is 0 Å². The molecule has 5 heteroatoms. The SMILES string of the molecule is SN(CCc1cccs1)c1nccs1. The molecule has 0 atom stereocenters. The van der Waals surface area contributed by atoms with Crippen LogP contribution in [-0.2, 0) is 6.42 Å². The average Bonchev–Trinajstić information content (AvgIpc) is 2.87. The van der Waals surface area contributed by atoms with Gasteiger partial charge >= 0.3 is 0 Å². The van der Waals surface area contributed by atoms with Crippen LogP contribution in [0.5, 0.6) is 0 Å². The van der Waals surface area contributed by atoms with Crippen molar-refractivity contribution in [1.82, 2.24) is 4.98 Å². The first-order valence-electron chi connectivity index (χ1n) is 4.24. The normalized spacial score (nSPS) is 10.4. The van der Waals surface area contributed by atoms with Crippen LogP contribution in [0.2, 0.25) is 0 Å². The second-order valence-corrected chi connectivity index (χ2v) is 5.16. The number of thiazole rings is 1. The lowest BCUT2D eigenvalue weighted by Crippen LogP contribution is -2.13. The van der Waals surface area contributed by atoms with Crippen LogP contribution >= 0.6 is 35.5 Å². The molecule has 2 aromatic rings. The van der Waals surface area contributed by atoms with Gasteiger partial charge in [0.25, 0.3) is 0 Å². The van der Waals surface area contributed by atoms with Crippen molar-refractivity contribution in [2.75, 3.05) is 10.8 Å². The molecule has 2 aromatic heterocycles. The van der Waals surface area contributed by atoms with Crippen molar-refractivity contribution in [2.24, 2.45) is 0 Å². The summed E-state index contributed by atoms with van der Waals surface area (Å²) in [4.78, 5) is 5.58. The van der Waals surface area contributed by atoms with E-state index in [1.165, 1.54) is 4.88 Å². The standard InChI is InChI=1S/C9H10N2S3/c12-11(9-10-4-7-14-9)5-3-8-2-1-6-13-8/h1-2,4,6-7,12H,3,5H2. The largest absolute Gasteiger partial charge is 0.294 e.